The second kappa shape index (κ2) is 19.6. The van der Waals surface area contributed by atoms with Crippen molar-refractivity contribution in [1.82, 2.24) is 0 Å². The van der Waals surface area contributed by atoms with E-state index < -0.39 is 23.8 Å². The van der Waals surface area contributed by atoms with E-state index in [-0.39, 0.29) is 11.0 Å². The van der Waals surface area contributed by atoms with Crippen LogP contribution in [0.3, 0.4) is 0 Å². The fourth-order valence-electron chi connectivity index (χ4n) is 4.13. The lowest BCUT2D eigenvalue weighted by Gasteiger charge is -2.34. The summed E-state index contributed by atoms with van der Waals surface area (Å²) in [5.74, 6) is -2.06. The molecule has 0 heterocycles. The Bertz CT molecular complexity index is 631. The van der Waals surface area contributed by atoms with E-state index in [0.717, 1.165) is 6.42 Å². The van der Waals surface area contributed by atoms with Crippen molar-refractivity contribution in [2.24, 2.45) is 0 Å². The molecule has 1 unspecified atom stereocenters. The Morgan fingerprint density at radius 1 is 0.765 bits per heavy atom. The average molecular weight is 478 g/mol. The third-order valence-corrected chi connectivity index (χ3v) is 5.82. The number of hydrogen-bond acceptors (Lipinski definition) is 4. The first-order valence-electron chi connectivity index (χ1n) is 13.4. The number of carboxylic acid groups (broad SMARTS) is 1. The molecule has 1 N–H and O–H groups in total. The molecule has 1 atom stereocenters. The Morgan fingerprint density at radius 3 is 1.71 bits per heavy atom. The van der Waals surface area contributed by atoms with Crippen LogP contribution in [0, 0.1) is 0 Å². The topological polar surface area (TPSA) is 77.4 Å². The Labute approximate surface area is 209 Å². The van der Waals surface area contributed by atoms with Gasteiger partial charge in [0.15, 0.2) is 11.4 Å². The van der Waals surface area contributed by atoms with Crippen LogP contribution in [0.25, 0.3) is 0 Å². The van der Waals surface area contributed by atoms with Crippen molar-refractivity contribution in [2.75, 3.05) is 27.7 Å². The summed E-state index contributed by atoms with van der Waals surface area (Å²) in [4.78, 5) is 23.3. The molecule has 0 aromatic carbocycles. The largest absolute Gasteiger partial charge is 0.550 e. The second-order valence-corrected chi connectivity index (χ2v) is 10.6. The number of carbonyl (C=O) groups is 2. The number of nitrogens with zero attached hydrogens (tertiary/aromatic N) is 1. The minimum atomic E-state index is -1.97. The molecule has 0 spiro atoms. The highest BCUT2D eigenvalue weighted by Crippen LogP contribution is 2.17. The van der Waals surface area contributed by atoms with E-state index in [2.05, 4.69) is 13.0 Å². The summed E-state index contributed by atoms with van der Waals surface area (Å²) in [5, 5.41) is 21.5. The van der Waals surface area contributed by atoms with E-state index in [1.807, 2.05) is 12.2 Å². The fourth-order valence-corrected chi connectivity index (χ4v) is 4.13. The third-order valence-electron chi connectivity index (χ3n) is 5.82. The molecular weight excluding hydrogens is 426 g/mol. The summed E-state index contributed by atoms with van der Waals surface area (Å²) in [7, 11) is 5.37. The molecule has 0 saturated heterocycles. The van der Waals surface area contributed by atoms with Crippen LogP contribution < -0.4 is 5.11 Å². The highest BCUT2D eigenvalue weighted by Gasteiger charge is 2.39. The molecule has 0 aliphatic rings. The van der Waals surface area contributed by atoms with Crippen LogP contribution in [-0.4, -0.2) is 54.6 Å². The zero-order valence-corrected chi connectivity index (χ0v) is 22.4. The lowest BCUT2D eigenvalue weighted by atomic mass is 9.92. The van der Waals surface area contributed by atoms with Crippen LogP contribution in [0.15, 0.2) is 36.5 Å². The van der Waals surface area contributed by atoms with Crippen molar-refractivity contribution in [3.05, 3.63) is 36.5 Å². The van der Waals surface area contributed by atoms with Crippen LogP contribution in [-0.2, 0) is 9.59 Å². The Balaban J connectivity index is 3.93. The first-order valence-corrected chi connectivity index (χ1v) is 13.4. The Hall–Kier alpha value is -1.72. The smallest absolute Gasteiger partial charge is 0.193 e. The number of unbranched alkanes of at least 4 members (excludes halogenated alkanes) is 13. The summed E-state index contributed by atoms with van der Waals surface area (Å²) in [6, 6.07) is 0. The van der Waals surface area contributed by atoms with Crippen molar-refractivity contribution in [3.8, 4) is 0 Å². The number of aliphatic carboxylic acids is 1. The lowest BCUT2D eigenvalue weighted by molar-refractivity contribution is -0.875. The zero-order valence-electron chi connectivity index (χ0n) is 22.4. The Morgan fingerprint density at radius 2 is 1.24 bits per heavy atom. The highest BCUT2D eigenvalue weighted by atomic mass is 16.4. The zero-order chi connectivity index (χ0) is 25.7. The average Bonchev–Trinajstić information content (AvgIpc) is 2.73. The molecule has 5 heteroatoms. The molecule has 0 amide bonds. The summed E-state index contributed by atoms with van der Waals surface area (Å²) >= 11 is 0. The highest BCUT2D eigenvalue weighted by molar-refractivity contribution is 5.99. The molecule has 0 rings (SSSR count). The van der Waals surface area contributed by atoms with Gasteiger partial charge in [0.2, 0.25) is 0 Å². The standard InChI is InChI=1S/C29H51NO4/c1-5-6-7-8-9-10-11-12-13-14-15-16-17-18-19-20-21-22-23-24-27(31)29(34,25-28(32)33)26-30(2,3)4/h19-24,34H,5-18,25-26H2,1-4H3. The van der Waals surface area contributed by atoms with Gasteiger partial charge >= 0.3 is 0 Å². The Kier molecular flexibility index (Phi) is 18.6. The van der Waals surface area contributed by atoms with Crippen molar-refractivity contribution in [2.45, 2.75) is 109 Å². The lowest BCUT2D eigenvalue weighted by Crippen LogP contribution is -2.55. The molecule has 5 nitrogen and oxygen atoms in total. The predicted octanol–water partition coefficient (Wildman–Crippen LogP) is 5.28. The van der Waals surface area contributed by atoms with Gasteiger partial charge in [-0.1, -0.05) is 114 Å². The van der Waals surface area contributed by atoms with E-state index in [1.54, 1.807) is 27.2 Å². The minimum absolute atomic E-state index is 0.00705. The van der Waals surface area contributed by atoms with Gasteiger partial charge in [0.25, 0.3) is 0 Å². The van der Waals surface area contributed by atoms with Crippen molar-refractivity contribution < 1.29 is 24.3 Å². The summed E-state index contributed by atoms with van der Waals surface area (Å²) in [6.07, 6.45) is 28.3. The maximum Gasteiger partial charge on any atom is 0.193 e. The number of rotatable bonds is 22. The molecule has 0 fully saturated rings. The van der Waals surface area contributed by atoms with Gasteiger partial charge in [-0.25, -0.2) is 0 Å². The first-order chi connectivity index (χ1) is 16.1. The van der Waals surface area contributed by atoms with Crippen LogP contribution in [0.5, 0.6) is 0 Å². The molecule has 196 valence electrons. The minimum Gasteiger partial charge on any atom is -0.550 e. The maximum atomic E-state index is 12.4. The molecule has 34 heavy (non-hydrogen) atoms. The summed E-state index contributed by atoms with van der Waals surface area (Å²) in [5.41, 5.74) is -1.97. The van der Waals surface area contributed by atoms with Gasteiger partial charge < -0.3 is 19.5 Å². The van der Waals surface area contributed by atoms with Gasteiger partial charge in [-0.3, -0.25) is 4.79 Å². The SMILES string of the molecule is CCCCCCCCCCCCCCCC=CC=CC=CC(=O)C(O)(CC(=O)[O-])C[N+](C)(C)C. The van der Waals surface area contributed by atoms with Crippen LogP contribution in [0.2, 0.25) is 0 Å². The van der Waals surface area contributed by atoms with Gasteiger partial charge in [-0.15, -0.1) is 0 Å². The molecule has 0 bridgehead atoms. The van der Waals surface area contributed by atoms with E-state index in [1.165, 1.54) is 95.6 Å². The van der Waals surface area contributed by atoms with Gasteiger partial charge in [-0.05, 0) is 18.9 Å². The molecule has 0 aliphatic heterocycles. The third kappa shape index (κ3) is 19.7. The van der Waals surface area contributed by atoms with Gasteiger partial charge in [0.05, 0.1) is 21.1 Å². The quantitative estimate of drug-likeness (QED) is 0.0995. The van der Waals surface area contributed by atoms with Crippen molar-refractivity contribution in [3.63, 3.8) is 0 Å². The molecular formula is C29H51NO4. The van der Waals surface area contributed by atoms with Crippen LogP contribution in [0.1, 0.15) is 103 Å². The molecule has 0 aliphatic carbocycles. The van der Waals surface area contributed by atoms with Crippen LogP contribution >= 0.6 is 0 Å². The van der Waals surface area contributed by atoms with E-state index in [4.69, 9.17) is 0 Å². The van der Waals surface area contributed by atoms with Crippen molar-refractivity contribution in [1.29, 1.82) is 0 Å². The van der Waals surface area contributed by atoms with E-state index in [0.29, 0.717) is 0 Å². The number of hydrogen-bond donors (Lipinski definition) is 1. The molecule has 0 aromatic heterocycles. The second-order valence-electron chi connectivity index (χ2n) is 10.6. The number of likely N-dealkylation sites (N-methyl/N-ethyl adjacent to an activating group) is 1. The number of allylic oxidation sites excluding steroid dienone is 5. The number of carbonyl (C=O) groups excluding carboxylic acids is 2. The van der Waals surface area contributed by atoms with E-state index >= 15 is 0 Å². The summed E-state index contributed by atoms with van der Waals surface area (Å²) in [6.45, 7) is 2.26. The number of carboxylic acids is 1. The normalized spacial score (nSPS) is 14.4. The van der Waals surface area contributed by atoms with Crippen molar-refractivity contribution >= 4 is 11.8 Å². The predicted molar refractivity (Wildman–Crippen MR) is 140 cm³/mol. The number of quaternary nitrogens is 1. The summed E-state index contributed by atoms with van der Waals surface area (Å²) < 4.78 is 0.265. The molecule has 0 saturated carbocycles. The molecule has 0 aromatic rings. The fraction of sp³-hybridized carbons (Fsp3) is 0.724. The van der Waals surface area contributed by atoms with Gasteiger partial charge in [0.1, 0.15) is 6.54 Å². The molecule has 0 radical (unpaired) electrons. The maximum absolute atomic E-state index is 12.4. The monoisotopic (exact) mass is 477 g/mol. The van der Waals surface area contributed by atoms with Crippen LogP contribution in [0.4, 0.5) is 0 Å². The first kappa shape index (κ1) is 32.3. The van der Waals surface area contributed by atoms with Gasteiger partial charge in [0, 0.05) is 12.4 Å². The van der Waals surface area contributed by atoms with Gasteiger partial charge in [-0.2, -0.15) is 0 Å². The number of aliphatic hydroxyl groups is 1. The number of ketones is 1. The van der Waals surface area contributed by atoms with E-state index in [9.17, 15) is 19.8 Å².